The molecule has 2 nitrogen and oxygen atoms in total. The SMILES string of the molecule is CC.CC.CCCCOCO. The summed E-state index contributed by atoms with van der Waals surface area (Å²) in [6, 6.07) is 0. The molecular weight excluding hydrogens is 140 g/mol. The molecule has 0 aromatic rings. The Balaban J connectivity index is -0.000000138. The van der Waals surface area contributed by atoms with Gasteiger partial charge in [-0.25, -0.2) is 0 Å². The standard InChI is InChI=1S/C5H12O2.2C2H6/c1-2-3-4-7-5-6;2*1-2/h6H,2-5H2,1H3;2*1-2H3. The first kappa shape index (κ1) is 17.1. The summed E-state index contributed by atoms with van der Waals surface area (Å²) >= 11 is 0. The van der Waals surface area contributed by atoms with Gasteiger partial charge in [0.2, 0.25) is 0 Å². The number of aliphatic hydroxyl groups excluding tert-OH is 1. The Morgan fingerprint density at radius 2 is 1.55 bits per heavy atom. The second kappa shape index (κ2) is 32.6. The van der Waals surface area contributed by atoms with Crippen LogP contribution in [0.15, 0.2) is 0 Å². The Hall–Kier alpha value is -0.0800. The van der Waals surface area contributed by atoms with Crippen molar-refractivity contribution in [2.75, 3.05) is 13.4 Å². The van der Waals surface area contributed by atoms with Crippen molar-refractivity contribution in [3.8, 4) is 0 Å². The fourth-order valence-electron chi connectivity index (χ4n) is 0.311. The summed E-state index contributed by atoms with van der Waals surface area (Å²) in [6.45, 7) is 10.6. The lowest BCUT2D eigenvalue weighted by molar-refractivity contribution is -0.00234. The summed E-state index contributed by atoms with van der Waals surface area (Å²) in [4.78, 5) is 0. The average molecular weight is 164 g/mol. The molecule has 0 fully saturated rings. The lowest BCUT2D eigenvalue weighted by atomic mass is 10.4. The van der Waals surface area contributed by atoms with Gasteiger partial charge >= 0.3 is 0 Å². The molecule has 2 heteroatoms. The van der Waals surface area contributed by atoms with E-state index in [1.54, 1.807) is 0 Å². The highest BCUT2D eigenvalue weighted by Gasteiger charge is 1.79. The lowest BCUT2D eigenvalue weighted by Crippen LogP contribution is -1.93. The average Bonchev–Trinajstić information content (AvgIpc) is 2.13. The van der Waals surface area contributed by atoms with Crippen molar-refractivity contribution >= 4 is 0 Å². The maximum Gasteiger partial charge on any atom is 0.143 e. The molecule has 0 aliphatic rings. The minimum absolute atomic E-state index is 0.139. The molecule has 0 aliphatic carbocycles. The van der Waals surface area contributed by atoms with Crippen molar-refractivity contribution in [3.63, 3.8) is 0 Å². The molecule has 1 N–H and O–H groups in total. The zero-order valence-electron chi connectivity index (χ0n) is 8.68. The number of rotatable bonds is 4. The van der Waals surface area contributed by atoms with Crippen molar-refractivity contribution in [2.45, 2.75) is 47.5 Å². The van der Waals surface area contributed by atoms with Crippen molar-refractivity contribution in [2.24, 2.45) is 0 Å². The largest absolute Gasteiger partial charge is 0.371 e. The van der Waals surface area contributed by atoms with Gasteiger partial charge in [-0.15, -0.1) is 0 Å². The van der Waals surface area contributed by atoms with Gasteiger partial charge in [0.1, 0.15) is 6.79 Å². The molecule has 0 unspecified atom stereocenters. The number of hydrogen-bond acceptors (Lipinski definition) is 2. The zero-order chi connectivity index (χ0) is 9.54. The maximum atomic E-state index is 8.07. The smallest absolute Gasteiger partial charge is 0.143 e. The number of unbranched alkanes of at least 4 members (excludes halogenated alkanes) is 1. The van der Waals surface area contributed by atoms with E-state index in [1.165, 1.54) is 0 Å². The monoisotopic (exact) mass is 164 g/mol. The van der Waals surface area contributed by atoms with E-state index in [2.05, 4.69) is 11.7 Å². The third-order valence-electron chi connectivity index (χ3n) is 0.734. The van der Waals surface area contributed by atoms with Crippen LogP contribution in [0.25, 0.3) is 0 Å². The van der Waals surface area contributed by atoms with Crippen molar-refractivity contribution < 1.29 is 9.84 Å². The molecule has 72 valence electrons. The summed E-state index contributed by atoms with van der Waals surface area (Å²) < 4.78 is 4.63. The third kappa shape index (κ3) is 40.5. The predicted molar refractivity (Wildman–Crippen MR) is 50.6 cm³/mol. The summed E-state index contributed by atoms with van der Waals surface area (Å²) in [6.07, 6.45) is 2.17. The van der Waals surface area contributed by atoms with E-state index in [1.807, 2.05) is 27.7 Å². The number of hydrogen-bond donors (Lipinski definition) is 1. The molecule has 0 aromatic carbocycles. The van der Waals surface area contributed by atoms with Crippen molar-refractivity contribution in [3.05, 3.63) is 0 Å². The molecule has 0 radical (unpaired) electrons. The summed E-state index contributed by atoms with van der Waals surface area (Å²) in [5, 5.41) is 8.07. The molecule has 0 spiro atoms. The van der Waals surface area contributed by atoms with Gasteiger partial charge in [0, 0.05) is 6.61 Å². The van der Waals surface area contributed by atoms with Gasteiger partial charge < -0.3 is 9.84 Å². The summed E-state index contributed by atoms with van der Waals surface area (Å²) in [7, 11) is 0. The van der Waals surface area contributed by atoms with Crippen LogP contribution in [0, 0.1) is 0 Å². The quantitative estimate of drug-likeness (QED) is 0.511. The molecule has 0 aliphatic heterocycles. The molecule has 0 saturated heterocycles. The van der Waals surface area contributed by atoms with Crippen LogP contribution in [-0.2, 0) is 4.74 Å². The number of ether oxygens (including phenoxy) is 1. The molecule has 0 atom stereocenters. The van der Waals surface area contributed by atoms with E-state index in [0.717, 1.165) is 12.8 Å². The minimum atomic E-state index is -0.139. The lowest BCUT2D eigenvalue weighted by Gasteiger charge is -1.94. The van der Waals surface area contributed by atoms with Crippen LogP contribution in [-0.4, -0.2) is 18.5 Å². The fraction of sp³-hybridized carbons (Fsp3) is 1.00. The molecule has 0 aromatic heterocycles. The van der Waals surface area contributed by atoms with Crippen LogP contribution >= 0.6 is 0 Å². The predicted octanol–water partition coefficient (Wildman–Crippen LogP) is 2.81. The summed E-state index contributed by atoms with van der Waals surface area (Å²) in [5.74, 6) is 0. The van der Waals surface area contributed by atoms with E-state index in [-0.39, 0.29) is 6.79 Å². The van der Waals surface area contributed by atoms with Gasteiger partial charge in [0.05, 0.1) is 0 Å². The first-order chi connectivity index (χ1) is 5.41. The Labute approximate surface area is 71.6 Å². The highest BCUT2D eigenvalue weighted by Crippen LogP contribution is 1.84. The third-order valence-corrected chi connectivity index (χ3v) is 0.734. The molecule has 0 amide bonds. The Kier molecular flexibility index (Phi) is 50.8. The minimum Gasteiger partial charge on any atom is -0.371 e. The Morgan fingerprint density at radius 3 is 1.82 bits per heavy atom. The fourth-order valence-corrected chi connectivity index (χ4v) is 0.311. The molecule has 0 heterocycles. The summed E-state index contributed by atoms with van der Waals surface area (Å²) in [5.41, 5.74) is 0. The van der Waals surface area contributed by atoms with Crippen LogP contribution in [0.4, 0.5) is 0 Å². The van der Waals surface area contributed by atoms with Crippen LogP contribution in [0.5, 0.6) is 0 Å². The number of aliphatic hydroxyl groups is 1. The first-order valence-corrected chi connectivity index (χ1v) is 4.60. The normalized spacial score (nSPS) is 7.09. The van der Waals surface area contributed by atoms with E-state index in [0.29, 0.717) is 6.61 Å². The zero-order valence-corrected chi connectivity index (χ0v) is 8.68. The van der Waals surface area contributed by atoms with Gasteiger partial charge in [-0.1, -0.05) is 41.0 Å². The van der Waals surface area contributed by atoms with E-state index >= 15 is 0 Å². The second-order valence-corrected chi connectivity index (χ2v) is 1.39. The molecule has 0 bridgehead atoms. The van der Waals surface area contributed by atoms with E-state index < -0.39 is 0 Å². The highest BCUT2D eigenvalue weighted by molar-refractivity contribution is 4.27. The van der Waals surface area contributed by atoms with Crippen LogP contribution < -0.4 is 0 Å². The Bertz CT molecular complexity index is 26.7. The van der Waals surface area contributed by atoms with Gasteiger partial charge in [0.15, 0.2) is 0 Å². The van der Waals surface area contributed by atoms with Crippen molar-refractivity contribution in [1.29, 1.82) is 0 Å². The topological polar surface area (TPSA) is 29.5 Å². The molecule has 11 heavy (non-hydrogen) atoms. The van der Waals surface area contributed by atoms with Crippen molar-refractivity contribution in [1.82, 2.24) is 0 Å². The Morgan fingerprint density at radius 1 is 1.09 bits per heavy atom. The van der Waals surface area contributed by atoms with E-state index in [4.69, 9.17) is 5.11 Å². The van der Waals surface area contributed by atoms with E-state index in [9.17, 15) is 0 Å². The van der Waals surface area contributed by atoms with Gasteiger partial charge in [0.25, 0.3) is 0 Å². The van der Waals surface area contributed by atoms with Gasteiger partial charge in [-0.05, 0) is 6.42 Å². The highest BCUT2D eigenvalue weighted by atomic mass is 16.6. The van der Waals surface area contributed by atoms with Crippen LogP contribution in [0.3, 0.4) is 0 Å². The van der Waals surface area contributed by atoms with Crippen LogP contribution in [0.1, 0.15) is 47.5 Å². The van der Waals surface area contributed by atoms with Gasteiger partial charge in [-0.2, -0.15) is 0 Å². The molecule has 0 saturated carbocycles. The first-order valence-electron chi connectivity index (χ1n) is 4.60. The van der Waals surface area contributed by atoms with Gasteiger partial charge in [-0.3, -0.25) is 0 Å². The van der Waals surface area contributed by atoms with Crippen LogP contribution in [0.2, 0.25) is 0 Å². The molecule has 0 rings (SSSR count). The molecular formula is C9H24O2. The second-order valence-electron chi connectivity index (χ2n) is 1.39. The maximum absolute atomic E-state index is 8.07.